The van der Waals surface area contributed by atoms with Crippen LogP contribution in [0, 0.1) is 5.82 Å². The summed E-state index contributed by atoms with van der Waals surface area (Å²) in [7, 11) is 0. The zero-order chi connectivity index (χ0) is 20.9. The topological polar surface area (TPSA) is 67.9 Å². The Balaban J connectivity index is 1.54. The summed E-state index contributed by atoms with van der Waals surface area (Å²) < 4.78 is 24.5. The molecule has 30 heavy (non-hydrogen) atoms. The number of hydrogen-bond donors (Lipinski definition) is 1. The van der Waals surface area contributed by atoms with Crippen LogP contribution in [0.25, 0.3) is 10.8 Å². The summed E-state index contributed by atoms with van der Waals surface area (Å²) in [5.41, 5.74) is 0.808. The van der Waals surface area contributed by atoms with Crippen molar-refractivity contribution in [1.82, 2.24) is 4.90 Å². The molecule has 1 aliphatic rings. The third kappa shape index (κ3) is 4.41. The molecule has 0 unspecified atom stereocenters. The molecule has 3 aromatic rings. The fourth-order valence-corrected chi connectivity index (χ4v) is 3.40. The van der Waals surface area contributed by atoms with Crippen LogP contribution in [0.1, 0.15) is 10.4 Å². The highest BCUT2D eigenvalue weighted by Gasteiger charge is 2.18. The Kier molecular flexibility index (Phi) is 5.90. The number of amides is 2. The maximum atomic E-state index is 13.4. The number of morpholine rings is 1. The fourth-order valence-electron chi connectivity index (χ4n) is 3.40. The van der Waals surface area contributed by atoms with Crippen molar-refractivity contribution >= 4 is 28.3 Å². The number of anilines is 1. The molecule has 6 nitrogen and oxygen atoms in total. The van der Waals surface area contributed by atoms with E-state index in [0.717, 1.165) is 5.39 Å². The van der Waals surface area contributed by atoms with Crippen molar-refractivity contribution in [1.29, 1.82) is 0 Å². The van der Waals surface area contributed by atoms with E-state index in [2.05, 4.69) is 5.32 Å². The van der Waals surface area contributed by atoms with Gasteiger partial charge in [0.15, 0.2) is 6.61 Å². The predicted octanol–water partition coefficient (Wildman–Crippen LogP) is 3.47. The lowest BCUT2D eigenvalue weighted by Gasteiger charge is -2.26. The van der Waals surface area contributed by atoms with Crippen LogP contribution < -0.4 is 10.1 Å². The second-order valence-corrected chi connectivity index (χ2v) is 6.90. The molecular weight excluding hydrogens is 387 g/mol. The quantitative estimate of drug-likeness (QED) is 0.702. The maximum absolute atomic E-state index is 13.4. The van der Waals surface area contributed by atoms with Gasteiger partial charge < -0.3 is 19.7 Å². The Morgan fingerprint density at radius 2 is 1.77 bits per heavy atom. The molecule has 1 fully saturated rings. The number of halogens is 1. The Labute approximate surface area is 173 Å². The van der Waals surface area contributed by atoms with Crippen LogP contribution in [0.15, 0.2) is 60.7 Å². The first-order chi connectivity index (χ1) is 14.6. The highest BCUT2D eigenvalue weighted by atomic mass is 19.1. The van der Waals surface area contributed by atoms with Crippen LogP contribution in [0.5, 0.6) is 5.75 Å². The van der Waals surface area contributed by atoms with Gasteiger partial charge in [0.1, 0.15) is 11.6 Å². The molecule has 0 atom stereocenters. The van der Waals surface area contributed by atoms with Crippen LogP contribution in [-0.4, -0.2) is 49.6 Å². The van der Waals surface area contributed by atoms with Gasteiger partial charge >= 0.3 is 0 Å². The summed E-state index contributed by atoms with van der Waals surface area (Å²) in [5.74, 6) is -0.357. The lowest BCUT2D eigenvalue weighted by molar-refractivity contribution is -0.137. The number of nitrogens with one attached hydrogen (secondary N) is 1. The number of hydrogen-bond acceptors (Lipinski definition) is 4. The molecule has 0 bridgehead atoms. The molecule has 7 heteroatoms. The normalized spacial score (nSPS) is 13.8. The van der Waals surface area contributed by atoms with Crippen molar-refractivity contribution in [2.45, 2.75) is 0 Å². The van der Waals surface area contributed by atoms with Gasteiger partial charge in [-0.2, -0.15) is 0 Å². The molecule has 4 rings (SSSR count). The van der Waals surface area contributed by atoms with Gasteiger partial charge in [-0.15, -0.1) is 0 Å². The number of ether oxygens (including phenoxy) is 2. The molecular formula is C23H21FN2O4. The van der Waals surface area contributed by atoms with Crippen LogP contribution in [0.4, 0.5) is 10.1 Å². The first-order valence-corrected chi connectivity index (χ1v) is 9.69. The predicted molar refractivity (Wildman–Crippen MR) is 111 cm³/mol. The number of benzene rings is 3. The number of nitrogens with zero attached hydrogens (tertiary/aromatic N) is 1. The highest BCUT2D eigenvalue weighted by molar-refractivity contribution is 6.14. The Morgan fingerprint density at radius 1 is 1.00 bits per heavy atom. The van der Waals surface area contributed by atoms with E-state index >= 15 is 0 Å². The van der Waals surface area contributed by atoms with Crippen molar-refractivity contribution < 1.29 is 23.5 Å². The average Bonchev–Trinajstić information content (AvgIpc) is 2.77. The van der Waals surface area contributed by atoms with Gasteiger partial charge in [-0.3, -0.25) is 9.59 Å². The van der Waals surface area contributed by atoms with E-state index < -0.39 is 5.82 Å². The lowest BCUT2D eigenvalue weighted by Crippen LogP contribution is -2.43. The first-order valence-electron chi connectivity index (χ1n) is 9.69. The van der Waals surface area contributed by atoms with Crippen molar-refractivity contribution in [2.24, 2.45) is 0 Å². The zero-order valence-electron chi connectivity index (χ0n) is 16.3. The van der Waals surface area contributed by atoms with E-state index in [0.29, 0.717) is 48.7 Å². The number of carbonyl (C=O) groups excluding carboxylic acids is 2. The Morgan fingerprint density at radius 3 is 2.53 bits per heavy atom. The van der Waals surface area contributed by atoms with Gasteiger partial charge in [0, 0.05) is 29.7 Å². The minimum Gasteiger partial charge on any atom is -0.483 e. The second kappa shape index (κ2) is 8.92. The molecule has 1 heterocycles. The molecule has 1 aliphatic heterocycles. The van der Waals surface area contributed by atoms with E-state index in [1.165, 1.54) is 18.2 Å². The molecule has 0 aromatic heterocycles. The monoisotopic (exact) mass is 408 g/mol. The van der Waals surface area contributed by atoms with Gasteiger partial charge in [0.2, 0.25) is 0 Å². The summed E-state index contributed by atoms with van der Waals surface area (Å²) in [6.45, 7) is 2.09. The van der Waals surface area contributed by atoms with Crippen LogP contribution in [0.3, 0.4) is 0 Å². The second-order valence-electron chi connectivity index (χ2n) is 6.90. The summed E-state index contributed by atoms with van der Waals surface area (Å²) >= 11 is 0. The average molecular weight is 408 g/mol. The van der Waals surface area contributed by atoms with E-state index in [-0.39, 0.29) is 18.4 Å². The van der Waals surface area contributed by atoms with Crippen LogP contribution in [-0.2, 0) is 9.53 Å². The molecule has 1 N–H and O–H groups in total. The minimum atomic E-state index is -0.425. The minimum absolute atomic E-state index is 0.0845. The van der Waals surface area contributed by atoms with E-state index in [1.807, 2.05) is 24.3 Å². The van der Waals surface area contributed by atoms with Gasteiger partial charge in [0.05, 0.1) is 13.2 Å². The van der Waals surface area contributed by atoms with Crippen LogP contribution in [0.2, 0.25) is 0 Å². The molecule has 0 saturated carbocycles. The van der Waals surface area contributed by atoms with Gasteiger partial charge in [-0.05, 0) is 35.7 Å². The zero-order valence-corrected chi connectivity index (χ0v) is 16.3. The summed E-state index contributed by atoms with van der Waals surface area (Å²) in [5, 5.41) is 4.12. The number of rotatable bonds is 5. The fraction of sp³-hybridized carbons (Fsp3) is 0.217. The maximum Gasteiger partial charge on any atom is 0.260 e. The van der Waals surface area contributed by atoms with E-state index in [4.69, 9.17) is 9.47 Å². The Hall–Kier alpha value is -3.45. The molecule has 1 saturated heterocycles. The molecule has 154 valence electrons. The highest BCUT2D eigenvalue weighted by Crippen LogP contribution is 2.29. The summed E-state index contributed by atoms with van der Waals surface area (Å²) in [4.78, 5) is 26.9. The van der Waals surface area contributed by atoms with Crippen molar-refractivity contribution in [3.63, 3.8) is 0 Å². The summed E-state index contributed by atoms with van der Waals surface area (Å²) in [6.07, 6.45) is 0. The molecule has 0 spiro atoms. The first kappa shape index (κ1) is 19.8. The SMILES string of the molecule is O=C(Nc1cccc(F)c1)c1ccc(OCC(=O)N2CCOCC2)c2ccccc12. The number of carbonyl (C=O) groups is 2. The van der Waals surface area contributed by atoms with Crippen molar-refractivity contribution in [3.05, 3.63) is 72.0 Å². The molecule has 0 aliphatic carbocycles. The molecule has 0 radical (unpaired) electrons. The smallest absolute Gasteiger partial charge is 0.260 e. The van der Waals surface area contributed by atoms with E-state index in [9.17, 15) is 14.0 Å². The van der Waals surface area contributed by atoms with Gasteiger partial charge in [-0.1, -0.05) is 30.3 Å². The van der Waals surface area contributed by atoms with Gasteiger partial charge in [0.25, 0.3) is 11.8 Å². The van der Waals surface area contributed by atoms with E-state index in [1.54, 1.807) is 23.1 Å². The number of fused-ring (bicyclic) bond motifs is 1. The van der Waals surface area contributed by atoms with Crippen molar-refractivity contribution in [3.8, 4) is 5.75 Å². The third-order valence-corrected chi connectivity index (χ3v) is 4.93. The summed E-state index contributed by atoms with van der Waals surface area (Å²) in [6, 6.07) is 16.4. The molecule has 3 aromatic carbocycles. The third-order valence-electron chi connectivity index (χ3n) is 4.93. The Bertz CT molecular complexity index is 1080. The lowest BCUT2D eigenvalue weighted by atomic mass is 10.0. The standard InChI is InChI=1S/C23H21FN2O4/c24-16-4-3-5-17(14-16)25-23(28)20-8-9-21(19-7-2-1-6-18(19)20)30-15-22(27)26-10-12-29-13-11-26/h1-9,14H,10-13,15H2,(H,25,28). The largest absolute Gasteiger partial charge is 0.483 e. The van der Waals surface area contributed by atoms with Crippen LogP contribution >= 0.6 is 0 Å². The van der Waals surface area contributed by atoms with Gasteiger partial charge in [-0.25, -0.2) is 4.39 Å². The molecule has 2 amide bonds. The van der Waals surface area contributed by atoms with Crippen molar-refractivity contribution in [2.75, 3.05) is 38.2 Å².